The number of halogens is 1. The molecule has 1 atom stereocenters. The molecule has 7 heteroatoms. The summed E-state index contributed by atoms with van der Waals surface area (Å²) in [6, 6.07) is 5.11. The van der Waals surface area contributed by atoms with Gasteiger partial charge in [-0.1, -0.05) is 11.6 Å². The number of rotatable bonds is 9. The summed E-state index contributed by atoms with van der Waals surface area (Å²) < 4.78 is 17.4. The van der Waals surface area contributed by atoms with Crippen LogP contribution in [0.2, 0.25) is 5.02 Å². The standard InChI is InChI=1S/C22H31ClN2O3S/c23-20-2-1-18(28-4-6-29(27)5-3-24)10-19(20)21(26)25-14-22-11-15-7-16(12-22)9-17(8-15)13-22/h1-2,10,15-17H,3-9,11-14,24H2,(H,25,26). The molecule has 0 radical (unpaired) electrons. The zero-order valence-electron chi connectivity index (χ0n) is 16.8. The number of nitrogens with one attached hydrogen (secondary N) is 1. The van der Waals surface area contributed by atoms with Crippen LogP contribution in [0.4, 0.5) is 0 Å². The largest absolute Gasteiger partial charge is 0.616 e. The van der Waals surface area contributed by atoms with Crippen LogP contribution >= 0.6 is 11.6 Å². The smallest absolute Gasteiger partial charge is 0.252 e. The molecule has 0 aromatic heterocycles. The number of benzene rings is 1. The Morgan fingerprint density at radius 2 is 1.86 bits per heavy atom. The Bertz CT molecular complexity index is 709. The Morgan fingerprint density at radius 3 is 2.48 bits per heavy atom. The molecular weight excluding hydrogens is 408 g/mol. The van der Waals surface area contributed by atoms with Crippen LogP contribution in [-0.2, 0) is 11.2 Å². The average molecular weight is 439 g/mol. The maximum Gasteiger partial charge on any atom is 0.252 e. The quantitative estimate of drug-likeness (QED) is 0.578. The van der Waals surface area contributed by atoms with Crippen molar-refractivity contribution in [1.82, 2.24) is 5.32 Å². The van der Waals surface area contributed by atoms with Crippen molar-refractivity contribution in [3.8, 4) is 5.75 Å². The molecule has 4 aliphatic carbocycles. The average Bonchev–Trinajstić information content (AvgIpc) is 2.67. The molecule has 160 valence electrons. The summed E-state index contributed by atoms with van der Waals surface area (Å²) in [7, 11) is 0. The van der Waals surface area contributed by atoms with Gasteiger partial charge in [-0.25, -0.2) is 0 Å². The highest BCUT2D eigenvalue weighted by molar-refractivity contribution is 7.91. The van der Waals surface area contributed by atoms with Gasteiger partial charge in [-0.15, -0.1) is 0 Å². The minimum Gasteiger partial charge on any atom is -0.616 e. The van der Waals surface area contributed by atoms with E-state index in [1.165, 1.54) is 38.5 Å². The lowest BCUT2D eigenvalue weighted by Crippen LogP contribution is -2.51. The van der Waals surface area contributed by atoms with E-state index >= 15 is 0 Å². The molecule has 5 rings (SSSR count). The monoisotopic (exact) mass is 438 g/mol. The third kappa shape index (κ3) is 5.04. The Hall–Kier alpha value is -0.950. The normalized spacial score (nSPS) is 30.9. The van der Waals surface area contributed by atoms with E-state index in [0.717, 1.165) is 24.3 Å². The van der Waals surface area contributed by atoms with E-state index < -0.39 is 11.2 Å². The third-order valence-corrected chi connectivity index (χ3v) is 8.54. The number of ether oxygens (including phenoxy) is 1. The second-order valence-corrected chi connectivity index (χ2v) is 11.3. The van der Waals surface area contributed by atoms with Gasteiger partial charge in [0.1, 0.15) is 23.9 Å². The van der Waals surface area contributed by atoms with Crippen LogP contribution < -0.4 is 15.8 Å². The van der Waals surface area contributed by atoms with Crippen molar-refractivity contribution in [2.75, 3.05) is 31.2 Å². The number of hydrogen-bond acceptors (Lipinski definition) is 4. The SMILES string of the molecule is NCC[S+]([O-])CCOc1ccc(Cl)c(C(=O)NCC23CC4CC(CC(C4)C2)C3)c1. The fraction of sp³-hybridized carbons (Fsp3) is 0.682. The first-order chi connectivity index (χ1) is 14.0. The van der Waals surface area contributed by atoms with Crippen LogP contribution in [0.15, 0.2) is 18.2 Å². The van der Waals surface area contributed by atoms with Crippen molar-refractivity contribution in [3.05, 3.63) is 28.8 Å². The van der Waals surface area contributed by atoms with E-state index in [1.54, 1.807) is 18.2 Å². The topological polar surface area (TPSA) is 87.4 Å². The van der Waals surface area contributed by atoms with Gasteiger partial charge in [-0.05, 0) is 91.1 Å². The summed E-state index contributed by atoms with van der Waals surface area (Å²) >= 11 is 5.32. The summed E-state index contributed by atoms with van der Waals surface area (Å²) in [5, 5.41) is 3.60. The van der Waals surface area contributed by atoms with Gasteiger partial charge in [0.25, 0.3) is 5.91 Å². The van der Waals surface area contributed by atoms with E-state index in [4.69, 9.17) is 22.1 Å². The molecule has 1 aromatic rings. The van der Waals surface area contributed by atoms with Crippen LogP contribution in [0.3, 0.4) is 0 Å². The van der Waals surface area contributed by atoms with Gasteiger partial charge >= 0.3 is 0 Å². The lowest BCUT2D eigenvalue weighted by molar-refractivity contribution is -0.0503. The fourth-order valence-corrected chi connectivity index (χ4v) is 7.06. The molecule has 1 amide bonds. The molecule has 29 heavy (non-hydrogen) atoms. The first-order valence-electron chi connectivity index (χ1n) is 10.7. The predicted molar refractivity (Wildman–Crippen MR) is 117 cm³/mol. The lowest BCUT2D eigenvalue weighted by Gasteiger charge is -2.56. The van der Waals surface area contributed by atoms with Crippen LogP contribution in [0, 0.1) is 23.2 Å². The first kappa shape index (κ1) is 21.3. The highest BCUT2D eigenvalue weighted by atomic mass is 35.5. The van der Waals surface area contributed by atoms with Gasteiger partial charge in [-0.3, -0.25) is 4.79 Å². The Labute approximate surface area is 181 Å². The van der Waals surface area contributed by atoms with Crippen molar-refractivity contribution in [1.29, 1.82) is 0 Å². The summed E-state index contributed by atoms with van der Waals surface area (Å²) in [6.45, 7) is 1.47. The number of carbonyl (C=O) groups excluding carboxylic acids is 1. The molecule has 0 spiro atoms. The zero-order chi connectivity index (χ0) is 20.4. The second kappa shape index (κ2) is 9.04. The fourth-order valence-electron chi connectivity index (χ4n) is 6.12. The lowest BCUT2D eigenvalue weighted by atomic mass is 9.49. The van der Waals surface area contributed by atoms with Crippen molar-refractivity contribution in [2.24, 2.45) is 28.9 Å². The molecule has 0 heterocycles. The van der Waals surface area contributed by atoms with Gasteiger partial charge in [0.05, 0.1) is 10.6 Å². The first-order valence-corrected chi connectivity index (χ1v) is 12.6. The van der Waals surface area contributed by atoms with Crippen LogP contribution in [0.1, 0.15) is 48.9 Å². The highest BCUT2D eigenvalue weighted by Gasteiger charge is 2.50. The molecule has 5 nitrogen and oxygen atoms in total. The summed E-state index contributed by atoms with van der Waals surface area (Å²) in [4.78, 5) is 12.9. The number of nitrogens with two attached hydrogens (primary N) is 1. The predicted octanol–water partition coefficient (Wildman–Crippen LogP) is 3.37. The van der Waals surface area contributed by atoms with Gasteiger partial charge in [0.2, 0.25) is 0 Å². The van der Waals surface area contributed by atoms with E-state index in [9.17, 15) is 9.35 Å². The van der Waals surface area contributed by atoms with E-state index in [2.05, 4.69) is 5.32 Å². The molecule has 4 fully saturated rings. The molecule has 4 saturated carbocycles. The molecule has 4 aliphatic rings. The molecule has 3 N–H and O–H groups in total. The Kier molecular flexibility index (Phi) is 6.64. The Morgan fingerprint density at radius 1 is 1.21 bits per heavy atom. The number of carbonyl (C=O) groups is 1. The highest BCUT2D eigenvalue weighted by Crippen LogP contribution is 2.59. The van der Waals surface area contributed by atoms with Crippen molar-refractivity contribution in [3.63, 3.8) is 0 Å². The van der Waals surface area contributed by atoms with Gasteiger partial charge in [0.15, 0.2) is 0 Å². The number of amides is 1. The summed E-state index contributed by atoms with van der Waals surface area (Å²) in [6.07, 6.45) is 7.97. The van der Waals surface area contributed by atoms with Crippen LogP contribution in [0.25, 0.3) is 0 Å². The van der Waals surface area contributed by atoms with Gasteiger partial charge in [-0.2, -0.15) is 0 Å². The molecule has 4 bridgehead atoms. The maximum atomic E-state index is 12.9. The van der Waals surface area contributed by atoms with Crippen molar-refractivity contribution in [2.45, 2.75) is 38.5 Å². The van der Waals surface area contributed by atoms with Gasteiger partial charge in [0, 0.05) is 13.1 Å². The van der Waals surface area contributed by atoms with Crippen molar-refractivity contribution >= 4 is 28.7 Å². The zero-order valence-corrected chi connectivity index (χ0v) is 18.4. The molecular formula is C22H31ClN2O3S. The van der Waals surface area contributed by atoms with E-state index in [1.807, 2.05) is 0 Å². The van der Waals surface area contributed by atoms with Gasteiger partial charge < -0.3 is 20.3 Å². The van der Waals surface area contributed by atoms with Crippen LogP contribution in [0.5, 0.6) is 5.75 Å². The van der Waals surface area contributed by atoms with Crippen molar-refractivity contribution < 1.29 is 14.1 Å². The maximum absolute atomic E-state index is 12.9. The minimum absolute atomic E-state index is 0.136. The summed E-state index contributed by atoms with van der Waals surface area (Å²) in [5.41, 5.74) is 6.14. The van der Waals surface area contributed by atoms with Crippen LogP contribution in [-0.4, -0.2) is 41.7 Å². The molecule has 0 saturated heterocycles. The molecule has 1 aromatic carbocycles. The van der Waals surface area contributed by atoms with E-state index in [0.29, 0.717) is 41.0 Å². The second-order valence-electron chi connectivity index (χ2n) is 9.23. The van der Waals surface area contributed by atoms with E-state index in [-0.39, 0.29) is 11.3 Å². The number of hydrogen-bond donors (Lipinski definition) is 2. The third-order valence-electron chi connectivity index (χ3n) is 6.90. The molecule has 1 unspecified atom stereocenters. The minimum atomic E-state index is -0.976. The summed E-state index contributed by atoms with van der Waals surface area (Å²) in [5.74, 6) is 3.92. The Balaban J connectivity index is 1.33. The molecule has 0 aliphatic heterocycles.